The van der Waals surface area contributed by atoms with Crippen molar-refractivity contribution in [2.45, 2.75) is 25.8 Å². The quantitative estimate of drug-likeness (QED) is 0.753. The molecule has 5 nitrogen and oxygen atoms in total. The number of carbonyl (C=O) groups is 1. The summed E-state index contributed by atoms with van der Waals surface area (Å²) in [5.74, 6) is 0.957. The summed E-state index contributed by atoms with van der Waals surface area (Å²) in [6, 6.07) is 10.0. The van der Waals surface area contributed by atoms with Crippen LogP contribution in [0.4, 0.5) is 5.82 Å². The molecule has 0 aliphatic heterocycles. The van der Waals surface area contributed by atoms with Crippen LogP contribution >= 0.6 is 11.6 Å². The second kappa shape index (κ2) is 8.11. The zero-order valence-corrected chi connectivity index (χ0v) is 15.3. The fraction of sp³-hybridized carbons (Fsp3) is 0.389. The SMILES string of the molecule is C[C@H](CC(=O)N(C)Cc1c(Cl)ncnc1N(C)C)c1ccccc1. The molecule has 0 radical (unpaired) electrons. The molecule has 0 saturated heterocycles. The lowest BCUT2D eigenvalue weighted by atomic mass is 9.97. The molecule has 0 fully saturated rings. The van der Waals surface area contributed by atoms with Gasteiger partial charge in [0.25, 0.3) is 0 Å². The number of rotatable bonds is 6. The van der Waals surface area contributed by atoms with Crippen LogP contribution in [0.25, 0.3) is 0 Å². The predicted molar refractivity (Wildman–Crippen MR) is 97.3 cm³/mol. The highest BCUT2D eigenvalue weighted by Gasteiger charge is 2.19. The monoisotopic (exact) mass is 346 g/mol. The Kier molecular flexibility index (Phi) is 6.15. The molecule has 1 amide bonds. The fourth-order valence-corrected chi connectivity index (χ4v) is 2.73. The first kappa shape index (κ1) is 18.2. The van der Waals surface area contributed by atoms with Crippen molar-refractivity contribution in [3.63, 3.8) is 0 Å². The van der Waals surface area contributed by atoms with E-state index in [-0.39, 0.29) is 11.8 Å². The highest BCUT2D eigenvalue weighted by molar-refractivity contribution is 6.30. The molecule has 1 aromatic carbocycles. The van der Waals surface area contributed by atoms with Crippen molar-refractivity contribution in [1.82, 2.24) is 14.9 Å². The van der Waals surface area contributed by atoms with Crippen LogP contribution < -0.4 is 4.90 Å². The zero-order chi connectivity index (χ0) is 17.7. The summed E-state index contributed by atoms with van der Waals surface area (Å²) in [6.07, 6.45) is 1.88. The van der Waals surface area contributed by atoms with Crippen LogP contribution in [0.5, 0.6) is 0 Å². The highest BCUT2D eigenvalue weighted by atomic mass is 35.5. The Bertz CT molecular complexity index is 691. The van der Waals surface area contributed by atoms with E-state index in [1.807, 2.05) is 49.3 Å². The first-order valence-electron chi connectivity index (χ1n) is 7.85. The van der Waals surface area contributed by atoms with Gasteiger partial charge in [-0.25, -0.2) is 9.97 Å². The number of halogens is 1. The lowest BCUT2D eigenvalue weighted by Gasteiger charge is -2.23. The number of benzene rings is 1. The van der Waals surface area contributed by atoms with Gasteiger partial charge < -0.3 is 9.80 Å². The molecule has 1 heterocycles. The van der Waals surface area contributed by atoms with Crippen LogP contribution in [0.3, 0.4) is 0 Å². The molecule has 0 unspecified atom stereocenters. The molecule has 2 aromatic rings. The molecule has 0 aliphatic rings. The molecule has 0 bridgehead atoms. The smallest absolute Gasteiger partial charge is 0.223 e. The summed E-state index contributed by atoms with van der Waals surface area (Å²) in [6.45, 7) is 2.44. The average molecular weight is 347 g/mol. The maximum absolute atomic E-state index is 12.6. The maximum Gasteiger partial charge on any atom is 0.223 e. The van der Waals surface area contributed by atoms with Gasteiger partial charge in [-0.05, 0) is 11.5 Å². The van der Waals surface area contributed by atoms with Crippen LogP contribution in [-0.2, 0) is 11.3 Å². The second-order valence-electron chi connectivity index (χ2n) is 6.13. The van der Waals surface area contributed by atoms with Gasteiger partial charge in [-0.2, -0.15) is 0 Å². The van der Waals surface area contributed by atoms with E-state index in [9.17, 15) is 4.79 Å². The number of hydrogen-bond acceptors (Lipinski definition) is 4. The van der Waals surface area contributed by atoms with Crippen LogP contribution in [0.15, 0.2) is 36.7 Å². The number of nitrogens with zero attached hydrogens (tertiary/aromatic N) is 4. The minimum Gasteiger partial charge on any atom is -0.362 e. The van der Waals surface area contributed by atoms with Crippen LogP contribution in [0, 0.1) is 0 Å². The Balaban J connectivity index is 2.07. The first-order valence-corrected chi connectivity index (χ1v) is 8.23. The third kappa shape index (κ3) is 4.45. The summed E-state index contributed by atoms with van der Waals surface area (Å²) in [5, 5.41) is 0.379. The average Bonchev–Trinajstić information content (AvgIpc) is 2.57. The van der Waals surface area contributed by atoms with Crippen LogP contribution in [-0.4, -0.2) is 41.9 Å². The molecule has 2 rings (SSSR count). The van der Waals surface area contributed by atoms with Crippen LogP contribution in [0.1, 0.15) is 30.4 Å². The van der Waals surface area contributed by atoms with E-state index in [1.54, 1.807) is 11.9 Å². The molecule has 24 heavy (non-hydrogen) atoms. The Labute approximate surface area is 148 Å². The third-order valence-corrected chi connectivity index (χ3v) is 4.29. The number of hydrogen-bond donors (Lipinski definition) is 0. The highest BCUT2D eigenvalue weighted by Crippen LogP contribution is 2.25. The summed E-state index contributed by atoms with van der Waals surface area (Å²) >= 11 is 6.21. The number of amides is 1. The molecule has 0 saturated carbocycles. The van der Waals surface area contributed by atoms with Gasteiger partial charge >= 0.3 is 0 Å². The second-order valence-corrected chi connectivity index (χ2v) is 6.48. The first-order chi connectivity index (χ1) is 11.4. The van der Waals surface area contributed by atoms with E-state index in [2.05, 4.69) is 16.9 Å². The molecule has 1 atom stereocenters. The fourth-order valence-electron chi connectivity index (χ4n) is 2.55. The van der Waals surface area contributed by atoms with Gasteiger partial charge in [0, 0.05) is 27.6 Å². The van der Waals surface area contributed by atoms with Crippen molar-refractivity contribution in [2.75, 3.05) is 26.0 Å². The molecule has 1 aromatic heterocycles. The van der Waals surface area contributed by atoms with Gasteiger partial charge in [-0.3, -0.25) is 4.79 Å². The summed E-state index contributed by atoms with van der Waals surface area (Å²) in [7, 11) is 5.56. The minimum absolute atomic E-state index is 0.0657. The van der Waals surface area contributed by atoms with Gasteiger partial charge in [0.15, 0.2) is 0 Å². The summed E-state index contributed by atoms with van der Waals surface area (Å²) in [5.41, 5.74) is 1.92. The van der Waals surface area contributed by atoms with Crippen molar-refractivity contribution in [3.8, 4) is 0 Å². The van der Waals surface area contributed by atoms with E-state index in [0.29, 0.717) is 18.1 Å². The summed E-state index contributed by atoms with van der Waals surface area (Å²) in [4.78, 5) is 24.4. The maximum atomic E-state index is 12.6. The minimum atomic E-state index is 0.0657. The third-order valence-electron chi connectivity index (χ3n) is 3.96. The van der Waals surface area contributed by atoms with Crippen molar-refractivity contribution in [1.29, 1.82) is 0 Å². The Morgan fingerprint density at radius 2 is 1.83 bits per heavy atom. The Morgan fingerprint density at radius 1 is 1.17 bits per heavy atom. The van der Waals surface area contributed by atoms with Crippen molar-refractivity contribution >= 4 is 23.3 Å². The van der Waals surface area contributed by atoms with Gasteiger partial charge in [0.05, 0.1) is 12.1 Å². The Morgan fingerprint density at radius 3 is 2.46 bits per heavy atom. The van der Waals surface area contributed by atoms with E-state index in [4.69, 9.17) is 11.6 Å². The van der Waals surface area contributed by atoms with E-state index >= 15 is 0 Å². The van der Waals surface area contributed by atoms with Gasteiger partial charge in [-0.15, -0.1) is 0 Å². The zero-order valence-electron chi connectivity index (χ0n) is 14.5. The van der Waals surface area contributed by atoms with Crippen molar-refractivity contribution in [3.05, 3.63) is 52.9 Å². The van der Waals surface area contributed by atoms with Gasteiger partial charge in [-0.1, -0.05) is 48.9 Å². The van der Waals surface area contributed by atoms with Crippen LogP contribution in [0.2, 0.25) is 5.15 Å². The van der Waals surface area contributed by atoms with Crippen molar-refractivity contribution in [2.24, 2.45) is 0 Å². The molecule has 128 valence electrons. The van der Waals surface area contributed by atoms with Gasteiger partial charge in [0.2, 0.25) is 5.91 Å². The lowest BCUT2D eigenvalue weighted by molar-refractivity contribution is -0.130. The van der Waals surface area contributed by atoms with E-state index in [1.165, 1.54) is 6.33 Å². The van der Waals surface area contributed by atoms with Gasteiger partial charge in [0.1, 0.15) is 17.3 Å². The summed E-state index contributed by atoms with van der Waals surface area (Å²) < 4.78 is 0. The number of anilines is 1. The standard InChI is InChI=1S/C18H23ClN4O/c1-13(14-8-6-5-7-9-14)10-16(24)23(4)11-15-17(19)20-12-21-18(15)22(2)3/h5-9,12-13H,10-11H2,1-4H3/t13-/m1/s1. The molecule has 6 heteroatoms. The van der Waals surface area contributed by atoms with E-state index in [0.717, 1.165) is 16.9 Å². The molecular formula is C18H23ClN4O. The molecule has 0 aliphatic carbocycles. The van der Waals surface area contributed by atoms with Crippen molar-refractivity contribution < 1.29 is 4.79 Å². The molecule has 0 spiro atoms. The Hall–Kier alpha value is -2.14. The molecule has 0 N–H and O–H groups in total. The lowest BCUT2D eigenvalue weighted by Crippen LogP contribution is -2.28. The van der Waals surface area contributed by atoms with E-state index < -0.39 is 0 Å². The largest absolute Gasteiger partial charge is 0.362 e. The molecular weight excluding hydrogens is 324 g/mol. The number of carbonyl (C=O) groups excluding carboxylic acids is 1. The number of aromatic nitrogens is 2. The topological polar surface area (TPSA) is 49.3 Å². The predicted octanol–water partition coefficient (Wildman–Crippen LogP) is 3.35. The normalized spacial score (nSPS) is 11.9.